The molecule has 0 saturated carbocycles. The van der Waals surface area contributed by atoms with Crippen LogP contribution in [0.5, 0.6) is 0 Å². The summed E-state index contributed by atoms with van der Waals surface area (Å²) in [5, 5.41) is 16.0. The van der Waals surface area contributed by atoms with Gasteiger partial charge < -0.3 is 0 Å². The SMILES string of the molecule is CCCCc1cc2c(-c3c4ccccc4cc4ccccc34)cccc2[cH-]1.CCCCc1cc2c(-c3c4ccccc4cc4ccccc34)cccc2[cH-]1.C[Si]C.[Cl][Zr+2][Cl]. The van der Waals surface area contributed by atoms with Gasteiger partial charge in [-0.1, -0.05) is 173 Å². The fourth-order valence-electron chi connectivity index (χ4n) is 8.69. The normalized spacial score (nSPS) is 10.9. The van der Waals surface area contributed by atoms with Crippen LogP contribution in [0.1, 0.15) is 50.7 Å². The summed E-state index contributed by atoms with van der Waals surface area (Å²) >= 11 is -0.826. The zero-order valence-corrected chi connectivity index (χ0v) is 40.1. The van der Waals surface area contributed by atoms with E-state index in [1.807, 2.05) is 0 Å². The maximum absolute atomic E-state index is 4.93. The first-order valence-electron chi connectivity index (χ1n) is 21.3. The van der Waals surface area contributed by atoms with Crippen LogP contribution in [0.3, 0.4) is 0 Å². The van der Waals surface area contributed by atoms with E-state index in [1.165, 1.54) is 137 Å². The van der Waals surface area contributed by atoms with Crippen LogP contribution in [-0.4, -0.2) is 9.52 Å². The first kappa shape index (κ1) is 43.8. The zero-order chi connectivity index (χ0) is 41.8. The van der Waals surface area contributed by atoms with Gasteiger partial charge in [-0.15, -0.1) is 69.1 Å². The monoisotopic (exact) mass is 912 g/mol. The Morgan fingerprint density at radius 3 is 1.07 bits per heavy atom. The van der Waals surface area contributed by atoms with Crippen molar-refractivity contribution in [2.75, 3.05) is 0 Å². The van der Waals surface area contributed by atoms with Gasteiger partial charge in [0.2, 0.25) is 0 Å². The average molecular weight is 915 g/mol. The van der Waals surface area contributed by atoms with Gasteiger partial charge >= 0.3 is 37.9 Å². The van der Waals surface area contributed by atoms with Crippen molar-refractivity contribution < 1.29 is 20.8 Å². The van der Waals surface area contributed by atoms with Gasteiger partial charge in [0, 0.05) is 9.52 Å². The molecule has 10 rings (SSSR count). The number of aryl methyl sites for hydroxylation is 2. The molecule has 0 aromatic heterocycles. The predicted molar refractivity (Wildman–Crippen MR) is 266 cm³/mol. The van der Waals surface area contributed by atoms with Crippen molar-refractivity contribution >= 4 is 91.2 Å². The van der Waals surface area contributed by atoms with E-state index in [0.717, 1.165) is 9.52 Å². The van der Waals surface area contributed by atoms with Gasteiger partial charge in [0.05, 0.1) is 0 Å². The van der Waals surface area contributed by atoms with Gasteiger partial charge in [-0.05, 0) is 79.2 Å². The Morgan fingerprint density at radius 2 is 0.750 bits per heavy atom. The van der Waals surface area contributed by atoms with Crippen LogP contribution in [0, 0.1) is 0 Å². The fraction of sp³-hybridized carbons (Fsp3) is 0.179. The molecule has 10 aromatic rings. The number of benzene rings is 8. The summed E-state index contributed by atoms with van der Waals surface area (Å²) in [7, 11) is 11.0. The standard InChI is InChI=1S/2C27H23.C2H6Si.2ClH.Zr/c2*1-2-3-9-19-16-20-12-8-15-25(26(20)17-19)27-23-13-6-4-10-21(23)18-22-11-5-7-14-24(22)27;1-3-2;;;/h2*4-8,10-18H,2-3,9H2,1H3;1-2H3;2*1H;/q2*-1;;;;+4/p-2. The third-order valence-corrected chi connectivity index (χ3v) is 11.3. The van der Waals surface area contributed by atoms with Crippen LogP contribution >= 0.6 is 17.0 Å². The van der Waals surface area contributed by atoms with E-state index in [2.05, 4.69) is 197 Å². The van der Waals surface area contributed by atoms with E-state index in [1.54, 1.807) is 0 Å². The molecule has 0 N–H and O–H groups in total. The van der Waals surface area contributed by atoms with E-state index < -0.39 is 20.8 Å². The first-order chi connectivity index (χ1) is 29.5. The number of fused-ring (bicyclic) bond motifs is 6. The Balaban J connectivity index is 0.000000161. The molecule has 298 valence electrons. The molecule has 0 heterocycles. The molecular formula is C56H52Cl2SiZr. The van der Waals surface area contributed by atoms with Crippen molar-refractivity contribution in [1.29, 1.82) is 0 Å². The summed E-state index contributed by atoms with van der Waals surface area (Å²) in [5.74, 6) is 0. The molecule has 0 saturated heterocycles. The van der Waals surface area contributed by atoms with Gasteiger partial charge in [0.25, 0.3) is 0 Å². The van der Waals surface area contributed by atoms with Crippen LogP contribution in [0.15, 0.2) is 170 Å². The molecule has 0 amide bonds. The summed E-state index contributed by atoms with van der Waals surface area (Å²) < 4.78 is 0. The van der Waals surface area contributed by atoms with Gasteiger partial charge in [-0.2, -0.15) is 12.1 Å². The molecule has 0 aliphatic carbocycles. The minimum atomic E-state index is -0.826. The fourth-order valence-corrected chi connectivity index (χ4v) is 8.69. The third kappa shape index (κ3) is 9.75. The number of halogens is 2. The zero-order valence-electron chi connectivity index (χ0n) is 35.2. The maximum atomic E-state index is 4.93. The molecule has 0 spiro atoms. The summed E-state index contributed by atoms with van der Waals surface area (Å²) in [6, 6.07) is 62.8. The molecule has 0 fully saturated rings. The van der Waals surface area contributed by atoms with E-state index in [0.29, 0.717) is 0 Å². The molecule has 60 heavy (non-hydrogen) atoms. The van der Waals surface area contributed by atoms with Crippen LogP contribution in [0.4, 0.5) is 0 Å². The molecule has 2 radical (unpaired) electrons. The molecule has 4 heteroatoms. The van der Waals surface area contributed by atoms with E-state index in [9.17, 15) is 0 Å². The van der Waals surface area contributed by atoms with E-state index in [4.69, 9.17) is 17.0 Å². The molecule has 0 aliphatic heterocycles. The first-order valence-corrected chi connectivity index (χ1v) is 29.6. The third-order valence-electron chi connectivity index (χ3n) is 11.3. The Labute approximate surface area is 377 Å². The molecule has 10 aromatic carbocycles. The molecule has 0 atom stereocenters. The second kappa shape index (κ2) is 21.5. The predicted octanol–water partition coefficient (Wildman–Crippen LogP) is 17.9. The number of rotatable bonds is 8. The minimum absolute atomic E-state index is 0.826. The Hall–Kier alpha value is -4.30. The van der Waals surface area contributed by atoms with Gasteiger partial charge in [-0.25, -0.2) is 0 Å². The molecular weight excluding hydrogens is 863 g/mol. The molecule has 0 nitrogen and oxygen atoms in total. The molecule has 0 bridgehead atoms. The van der Waals surface area contributed by atoms with Crippen LogP contribution in [0.25, 0.3) is 86.9 Å². The van der Waals surface area contributed by atoms with Gasteiger partial charge in [0.15, 0.2) is 0 Å². The van der Waals surface area contributed by atoms with E-state index in [-0.39, 0.29) is 0 Å². The van der Waals surface area contributed by atoms with Crippen molar-refractivity contribution in [3.63, 3.8) is 0 Å². The van der Waals surface area contributed by atoms with Crippen LogP contribution in [-0.2, 0) is 33.7 Å². The number of unbranched alkanes of at least 4 members (excludes halogenated alkanes) is 2. The summed E-state index contributed by atoms with van der Waals surface area (Å²) in [6.45, 7) is 8.83. The number of hydrogen-bond donors (Lipinski definition) is 0. The van der Waals surface area contributed by atoms with Crippen molar-refractivity contribution in [3.8, 4) is 22.3 Å². The topological polar surface area (TPSA) is 0 Å². The second-order valence-electron chi connectivity index (χ2n) is 15.5. The summed E-state index contributed by atoms with van der Waals surface area (Å²) in [5.41, 5.74) is 8.35. The van der Waals surface area contributed by atoms with Crippen molar-refractivity contribution in [1.82, 2.24) is 0 Å². The van der Waals surface area contributed by atoms with Crippen LogP contribution in [0.2, 0.25) is 13.1 Å². The summed E-state index contributed by atoms with van der Waals surface area (Å²) in [4.78, 5) is 0. The van der Waals surface area contributed by atoms with Crippen molar-refractivity contribution in [2.24, 2.45) is 0 Å². The quantitative estimate of drug-likeness (QED) is 0.0809. The Bertz CT molecular complexity index is 2660. The average Bonchev–Trinajstić information content (AvgIpc) is 3.91. The van der Waals surface area contributed by atoms with Crippen LogP contribution < -0.4 is 0 Å². The van der Waals surface area contributed by atoms with Gasteiger partial charge in [0.1, 0.15) is 0 Å². The Kier molecular flexibility index (Phi) is 15.7. The summed E-state index contributed by atoms with van der Waals surface area (Å²) in [6.07, 6.45) is 7.32. The van der Waals surface area contributed by atoms with Crippen molar-refractivity contribution in [2.45, 2.75) is 65.5 Å². The van der Waals surface area contributed by atoms with Crippen molar-refractivity contribution in [3.05, 3.63) is 181 Å². The van der Waals surface area contributed by atoms with Gasteiger partial charge in [-0.3, -0.25) is 0 Å². The Morgan fingerprint density at radius 1 is 0.433 bits per heavy atom. The molecule has 0 aliphatic rings. The number of hydrogen-bond acceptors (Lipinski definition) is 0. The second-order valence-corrected chi connectivity index (χ2v) is 20.2. The van der Waals surface area contributed by atoms with E-state index >= 15 is 0 Å². The molecule has 0 unspecified atom stereocenters.